The second-order valence-corrected chi connectivity index (χ2v) is 15.9. The van der Waals surface area contributed by atoms with Gasteiger partial charge in [-0.2, -0.15) is 16.8 Å². The van der Waals surface area contributed by atoms with Gasteiger partial charge >= 0.3 is 5.63 Å². The van der Waals surface area contributed by atoms with Gasteiger partial charge in [0.25, 0.3) is 20.2 Å². The highest BCUT2D eigenvalue weighted by molar-refractivity contribution is 8.03. The van der Waals surface area contributed by atoms with Gasteiger partial charge in [0, 0.05) is 20.2 Å². The molecular weight excluding hydrogens is 681 g/mol. The number of fused-ring (bicyclic) bond motifs is 2. The molecule has 3 aromatic carbocycles. The molecule has 2 N–H and O–H groups in total. The van der Waals surface area contributed by atoms with Gasteiger partial charge in [-0.15, -0.1) is 11.3 Å². The van der Waals surface area contributed by atoms with Gasteiger partial charge in [0.2, 0.25) is 5.55 Å². The summed E-state index contributed by atoms with van der Waals surface area (Å²) in [6.07, 6.45) is 8.08. The van der Waals surface area contributed by atoms with E-state index in [0.29, 0.717) is 26.8 Å². The number of oxazole rings is 1. The third-order valence-electron chi connectivity index (χ3n) is 7.23. The number of hydrogen-bond donors (Lipinski definition) is 2. The van der Waals surface area contributed by atoms with Crippen LogP contribution in [0.25, 0.3) is 34.0 Å². The van der Waals surface area contributed by atoms with Crippen LogP contribution in [0.15, 0.2) is 98.0 Å². The highest BCUT2D eigenvalue weighted by Gasteiger charge is 2.28. The molecule has 0 spiro atoms. The van der Waals surface area contributed by atoms with Crippen molar-refractivity contribution in [2.75, 3.05) is 10.8 Å². The van der Waals surface area contributed by atoms with Crippen LogP contribution < -0.4 is 21.4 Å². The summed E-state index contributed by atoms with van der Waals surface area (Å²) >= 11 is 2.68. The molecule has 0 unspecified atom stereocenters. The zero-order valence-corrected chi connectivity index (χ0v) is 28.3. The molecule has 2 aromatic heterocycles. The fraction of sp³-hybridized carbons (Fsp3) is 0.121. The van der Waals surface area contributed by atoms with E-state index in [2.05, 4.69) is 0 Å². The molecule has 6 rings (SSSR count). The third-order valence-corrected chi connectivity index (χ3v) is 10.8. The predicted molar refractivity (Wildman–Crippen MR) is 187 cm³/mol. The quantitative estimate of drug-likeness (QED) is 0.206. The van der Waals surface area contributed by atoms with Crippen LogP contribution in [0.5, 0.6) is 0 Å². The van der Waals surface area contributed by atoms with Crippen molar-refractivity contribution >= 4 is 77.3 Å². The molecule has 0 atom stereocenters. The highest BCUT2D eigenvalue weighted by atomic mass is 32.2. The SMILES string of the molecule is Cc1ccc2c(c1)N(CS(=O)(=O)O)/C(=C\C=c1/c(=O)o/c(=C\C=C\c3sc4ccc(C)cc4c3CS(=O)(=O)O)n1-c1ccccc1)S2. The van der Waals surface area contributed by atoms with Crippen LogP contribution in [-0.2, 0) is 26.0 Å². The topological polar surface area (TPSA) is 147 Å². The first-order chi connectivity index (χ1) is 22.3. The fourth-order valence-corrected chi connectivity index (χ4v) is 8.86. The van der Waals surface area contributed by atoms with E-state index in [9.17, 15) is 30.7 Å². The fourth-order valence-electron chi connectivity index (χ4n) is 5.24. The minimum atomic E-state index is -4.38. The van der Waals surface area contributed by atoms with Gasteiger partial charge in [-0.3, -0.25) is 13.7 Å². The van der Waals surface area contributed by atoms with Gasteiger partial charge in [0.1, 0.15) is 11.1 Å². The largest absolute Gasteiger partial charge is 0.404 e. The zero-order valence-electron chi connectivity index (χ0n) is 25.0. The molecule has 3 heterocycles. The van der Waals surface area contributed by atoms with Crippen molar-refractivity contribution in [3.05, 3.63) is 127 Å². The molecular formula is C33H28N2O8S4. The van der Waals surface area contributed by atoms with Gasteiger partial charge in [-0.25, -0.2) is 4.79 Å². The Hall–Kier alpha value is -4.18. The summed E-state index contributed by atoms with van der Waals surface area (Å²) in [7, 11) is -8.69. The minimum Gasteiger partial charge on any atom is -0.404 e. The molecule has 1 aliphatic rings. The number of thiophene rings is 1. The van der Waals surface area contributed by atoms with E-state index < -0.39 is 37.5 Å². The lowest BCUT2D eigenvalue weighted by atomic mass is 10.1. The summed E-state index contributed by atoms with van der Waals surface area (Å²) in [6, 6.07) is 20.3. The van der Waals surface area contributed by atoms with E-state index in [0.717, 1.165) is 26.1 Å². The lowest BCUT2D eigenvalue weighted by Gasteiger charge is -2.18. The lowest BCUT2D eigenvalue weighted by Crippen LogP contribution is -2.30. The van der Waals surface area contributed by atoms with Crippen LogP contribution in [0, 0.1) is 13.8 Å². The number of aryl methyl sites for hydroxylation is 2. The van der Waals surface area contributed by atoms with Crippen LogP contribution in [0.1, 0.15) is 21.6 Å². The Labute approximate surface area is 278 Å². The van der Waals surface area contributed by atoms with E-state index >= 15 is 0 Å². The van der Waals surface area contributed by atoms with Crippen molar-refractivity contribution in [2.24, 2.45) is 0 Å². The summed E-state index contributed by atoms with van der Waals surface area (Å²) in [6.45, 7) is 3.78. The molecule has 10 nitrogen and oxygen atoms in total. The van der Waals surface area contributed by atoms with Gasteiger partial charge in [-0.1, -0.05) is 59.8 Å². The van der Waals surface area contributed by atoms with Crippen LogP contribution in [-0.4, -0.2) is 36.4 Å². The lowest BCUT2D eigenvalue weighted by molar-refractivity contribution is 0.478. The van der Waals surface area contributed by atoms with Gasteiger partial charge in [0.05, 0.1) is 10.7 Å². The molecule has 1 aliphatic heterocycles. The number of aromatic nitrogens is 1. The normalized spacial score (nSPS) is 15.5. The third kappa shape index (κ3) is 7.38. The molecule has 0 fully saturated rings. The van der Waals surface area contributed by atoms with E-state index in [1.165, 1.54) is 34.1 Å². The van der Waals surface area contributed by atoms with Gasteiger partial charge < -0.3 is 9.32 Å². The van der Waals surface area contributed by atoms with Crippen molar-refractivity contribution in [3.8, 4) is 5.69 Å². The first-order valence-electron chi connectivity index (χ1n) is 14.1. The summed E-state index contributed by atoms with van der Waals surface area (Å²) in [5.41, 5.74) is 3.13. The maximum Gasteiger partial charge on any atom is 0.362 e. The Morgan fingerprint density at radius 3 is 2.32 bits per heavy atom. The summed E-state index contributed by atoms with van der Waals surface area (Å²) in [4.78, 5) is 16.2. The Balaban J connectivity index is 1.47. The highest BCUT2D eigenvalue weighted by Crippen LogP contribution is 2.46. The molecule has 0 amide bonds. The van der Waals surface area contributed by atoms with Crippen LogP contribution >= 0.6 is 23.1 Å². The van der Waals surface area contributed by atoms with Crippen molar-refractivity contribution in [2.45, 2.75) is 24.5 Å². The maximum atomic E-state index is 13.3. The van der Waals surface area contributed by atoms with E-state index in [4.69, 9.17) is 4.42 Å². The number of nitrogens with zero attached hydrogens (tertiary/aromatic N) is 2. The van der Waals surface area contributed by atoms with Crippen molar-refractivity contribution < 1.29 is 30.4 Å². The van der Waals surface area contributed by atoms with Gasteiger partial charge in [0.15, 0.2) is 5.88 Å². The molecule has 14 heteroatoms. The molecule has 5 aromatic rings. The second kappa shape index (κ2) is 12.8. The number of hydrogen-bond acceptors (Lipinski definition) is 9. The number of thioether (sulfide) groups is 1. The van der Waals surface area contributed by atoms with Crippen molar-refractivity contribution in [3.63, 3.8) is 0 Å². The Morgan fingerprint density at radius 2 is 1.60 bits per heavy atom. The zero-order chi connectivity index (χ0) is 33.5. The standard InChI is InChI=1S/C33H28N2O8S4/c1-21-11-14-29-24(17-21)25(19-46(37,38)39)28(44-29)9-6-10-31-35(23-7-4-3-5-8-23)26(33(36)43-31)13-16-32-34(20-47(40,41)42)27-18-22(2)12-15-30(27)45-32/h3-18H,19-20H2,1-2H3,(H,37,38,39)(H,40,41,42)/b9-6+,26-13+,31-10-,32-16+. The Bertz CT molecular complexity index is 2490. The Kier molecular flexibility index (Phi) is 8.91. The molecule has 0 saturated carbocycles. The van der Waals surface area contributed by atoms with Crippen LogP contribution in [0.2, 0.25) is 0 Å². The van der Waals surface area contributed by atoms with E-state index in [-0.39, 0.29) is 10.9 Å². The van der Waals surface area contributed by atoms with Crippen LogP contribution in [0.4, 0.5) is 5.69 Å². The second-order valence-electron chi connectivity index (χ2n) is 10.9. The number of rotatable bonds is 8. The summed E-state index contributed by atoms with van der Waals surface area (Å²) in [5, 5.41) is 1.38. The molecule has 0 saturated heterocycles. The molecule has 0 aliphatic carbocycles. The molecule has 0 bridgehead atoms. The Morgan fingerprint density at radius 1 is 0.872 bits per heavy atom. The average molecular weight is 709 g/mol. The molecule has 242 valence electrons. The minimum absolute atomic E-state index is 0.160. The first kappa shape index (κ1) is 32.7. The van der Waals surface area contributed by atoms with Gasteiger partial charge in [-0.05, 0) is 85.0 Å². The first-order valence-corrected chi connectivity index (χ1v) is 19.0. The molecule has 0 radical (unpaired) electrons. The smallest absolute Gasteiger partial charge is 0.362 e. The average Bonchev–Trinajstić information content (AvgIpc) is 3.61. The number of anilines is 1. The number of para-hydroxylation sites is 1. The van der Waals surface area contributed by atoms with Crippen molar-refractivity contribution in [1.82, 2.24) is 4.57 Å². The predicted octanol–water partition coefficient (Wildman–Crippen LogP) is 5.22. The van der Waals surface area contributed by atoms with Crippen molar-refractivity contribution in [1.29, 1.82) is 0 Å². The monoisotopic (exact) mass is 708 g/mol. The number of allylic oxidation sites excluding steroid dienone is 2. The summed E-state index contributed by atoms with van der Waals surface area (Å²) < 4.78 is 75.0. The number of benzene rings is 3. The molecule has 47 heavy (non-hydrogen) atoms. The maximum absolute atomic E-state index is 13.3. The van der Waals surface area contributed by atoms with E-state index in [1.54, 1.807) is 41.0 Å². The van der Waals surface area contributed by atoms with E-state index in [1.807, 2.05) is 68.4 Å². The van der Waals surface area contributed by atoms with Crippen LogP contribution in [0.3, 0.4) is 0 Å². The summed E-state index contributed by atoms with van der Waals surface area (Å²) in [5.74, 6) is -1.21.